The van der Waals surface area contributed by atoms with Gasteiger partial charge in [-0.25, -0.2) is 4.98 Å². The van der Waals surface area contributed by atoms with Crippen molar-refractivity contribution in [3.63, 3.8) is 0 Å². The van der Waals surface area contributed by atoms with Crippen LogP contribution in [-0.2, 0) is 0 Å². The number of halogens is 3. The molecule has 0 spiro atoms. The molecule has 0 aliphatic carbocycles. The van der Waals surface area contributed by atoms with Crippen LogP contribution in [0, 0.1) is 0 Å². The van der Waals surface area contributed by atoms with Crippen LogP contribution in [0.15, 0.2) is 48.8 Å². The first-order valence-electron chi connectivity index (χ1n) is 8.77. The molecule has 0 bridgehead atoms. The number of aromatic nitrogens is 2. The number of carbonyl (C=O) groups excluding carboxylic acids is 1. The Kier molecular flexibility index (Phi) is 4.66. The van der Waals surface area contributed by atoms with Gasteiger partial charge in [0.05, 0.1) is 5.02 Å². The molecular formula is C20H16ClF2N3O3. The first-order valence-corrected chi connectivity index (χ1v) is 9.15. The highest BCUT2D eigenvalue weighted by Crippen LogP contribution is 2.46. The van der Waals surface area contributed by atoms with Crippen LogP contribution in [0.2, 0.25) is 5.02 Å². The number of benzene rings is 1. The molecule has 1 aromatic carbocycles. The van der Waals surface area contributed by atoms with Gasteiger partial charge in [0.25, 0.3) is 5.91 Å². The van der Waals surface area contributed by atoms with E-state index in [0.29, 0.717) is 22.6 Å². The first kappa shape index (κ1) is 19.2. The first-order chi connectivity index (χ1) is 13.7. The van der Waals surface area contributed by atoms with Gasteiger partial charge in [0.1, 0.15) is 11.5 Å². The van der Waals surface area contributed by atoms with Crippen molar-refractivity contribution in [3.8, 4) is 22.6 Å². The largest absolute Gasteiger partial charge is 0.586 e. The number of rotatable bonds is 4. The molecule has 1 N–H and O–H groups in total. The van der Waals surface area contributed by atoms with E-state index < -0.39 is 6.29 Å². The highest BCUT2D eigenvalue weighted by Gasteiger charge is 2.43. The minimum Gasteiger partial charge on any atom is -0.395 e. The molecule has 0 unspecified atom stereocenters. The van der Waals surface area contributed by atoms with E-state index in [0.717, 1.165) is 0 Å². The lowest BCUT2D eigenvalue weighted by Gasteiger charge is -2.13. The summed E-state index contributed by atoms with van der Waals surface area (Å²) >= 11 is 6.19. The Morgan fingerprint density at radius 2 is 1.93 bits per heavy atom. The van der Waals surface area contributed by atoms with Crippen LogP contribution in [0.3, 0.4) is 0 Å². The number of amides is 1. The molecule has 150 valence electrons. The Hall–Kier alpha value is -3.13. The van der Waals surface area contributed by atoms with Crippen LogP contribution in [0.5, 0.6) is 11.5 Å². The van der Waals surface area contributed by atoms with Crippen molar-refractivity contribution in [2.24, 2.45) is 0 Å². The van der Waals surface area contributed by atoms with Crippen molar-refractivity contribution in [2.45, 2.75) is 26.2 Å². The van der Waals surface area contributed by atoms with Gasteiger partial charge in [-0.3, -0.25) is 4.79 Å². The highest BCUT2D eigenvalue weighted by molar-refractivity contribution is 6.33. The smallest absolute Gasteiger partial charge is 0.395 e. The van der Waals surface area contributed by atoms with Crippen molar-refractivity contribution in [1.82, 2.24) is 9.55 Å². The minimum absolute atomic E-state index is 0.110. The summed E-state index contributed by atoms with van der Waals surface area (Å²) in [5, 5.41) is 2.94. The van der Waals surface area contributed by atoms with Gasteiger partial charge in [-0.05, 0) is 44.2 Å². The number of pyridine rings is 1. The number of ether oxygens (including phenoxy) is 2. The molecule has 0 saturated heterocycles. The van der Waals surface area contributed by atoms with E-state index in [-0.39, 0.29) is 28.5 Å². The lowest BCUT2D eigenvalue weighted by molar-refractivity contribution is -0.286. The summed E-state index contributed by atoms with van der Waals surface area (Å²) in [4.78, 5) is 16.7. The molecule has 3 heterocycles. The van der Waals surface area contributed by atoms with Crippen LogP contribution >= 0.6 is 11.6 Å². The van der Waals surface area contributed by atoms with E-state index in [2.05, 4.69) is 19.8 Å². The average molecular weight is 420 g/mol. The van der Waals surface area contributed by atoms with Gasteiger partial charge in [0, 0.05) is 35.6 Å². The Labute approximate surface area is 170 Å². The molecular weight excluding hydrogens is 404 g/mol. The highest BCUT2D eigenvalue weighted by atomic mass is 35.5. The molecule has 29 heavy (non-hydrogen) atoms. The third-order valence-corrected chi connectivity index (χ3v) is 4.69. The van der Waals surface area contributed by atoms with Crippen molar-refractivity contribution >= 4 is 23.3 Å². The maximum atomic E-state index is 13.2. The van der Waals surface area contributed by atoms with Crippen LogP contribution in [0.25, 0.3) is 11.1 Å². The monoisotopic (exact) mass is 419 g/mol. The second kappa shape index (κ2) is 7.04. The molecule has 0 fully saturated rings. The van der Waals surface area contributed by atoms with Gasteiger partial charge in [0.15, 0.2) is 11.5 Å². The number of alkyl halides is 2. The molecule has 1 amide bonds. The van der Waals surface area contributed by atoms with E-state index in [1.165, 1.54) is 18.3 Å². The predicted octanol–water partition coefficient (Wildman–Crippen LogP) is 5.36. The lowest BCUT2D eigenvalue weighted by Crippen LogP contribution is -2.25. The molecule has 0 radical (unpaired) electrons. The topological polar surface area (TPSA) is 65.4 Å². The zero-order valence-corrected chi connectivity index (χ0v) is 16.2. The molecule has 0 atom stereocenters. The fraction of sp³-hybridized carbons (Fsp3) is 0.200. The fourth-order valence-corrected chi connectivity index (χ4v) is 3.30. The van der Waals surface area contributed by atoms with Gasteiger partial charge in [-0.1, -0.05) is 11.6 Å². The van der Waals surface area contributed by atoms with Gasteiger partial charge in [-0.15, -0.1) is 8.78 Å². The average Bonchev–Trinajstić information content (AvgIpc) is 3.25. The molecule has 6 nitrogen and oxygen atoms in total. The Morgan fingerprint density at radius 3 is 2.59 bits per heavy atom. The molecule has 1 aliphatic rings. The SMILES string of the molecule is CC(C)n1cccc1C(=O)Nc1ccc(-c2cc3c(cc2Cl)OC(F)(F)O3)cn1. The van der Waals surface area contributed by atoms with Crippen molar-refractivity contribution in [3.05, 3.63) is 59.5 Å². The third-order valence-electron chi connectivity index (χ3n) is 4.37. The summed E-state index contributed by atoms with van der Waals surface area (Å²) in [6.07, 6.45) is -0.399. The number of nitrogens with zero attached hydrogens (tertiary/aromatic N) is 2. The van der Waals surface area contributed by atoms with Crippen LogP contribution in [0.1, 0.15) is 30.4 Å². The fourth-order valence-electron chi connectivity index (χ4n) is 3.04. The lowest BCUT2D eigenvalue weighted by atomic mass is 10.1. The maximum absolute atomic E-state index is 13.2. The quantitative estimate of drug-likeness (QED) is 0.618. The van der Waals surface area contributed by atoms with E-state index >= 15 is 0 Å². The molecule has 9 heteroatoms. The number of hydrogen-bond acceptors (Lipinski definition) is 4. The summed E-state index contributed by atoms with van der Waals surface area (Å²) in [5.41, 5.74) is 1.54. The summed E-state index contributed by atoms with van der Waals surface area (Å²) in [6.45, 7) is 3.96. The van der Waals surface area contributed by atoms with Gasteiger partial charge in [0.2, 0.25) is 0 Å². The summed E-state index contributed by atoms with van der Waals surface area (Å²) in [5.74, 6) is -0.180. The number of carbonyl (C=O) groups is 1. The van der Waals surface area contributed by atoms with E-state index in [1.807, 2.05) is 24.6 Å². The minimum atomic E-state index is -3.72. The van der Waals surface area contributed by atoms with Crippen LogP contribution < -0.4 is 14.8 Å². The second-order valence-corrected chi connectivity index (χ2v) is 7.13. The van der Waals surface area contributed by atoms with Crippen molar-refractivity contribution in [2.75, 3.05) is 5.32 Å². The summed E-state index contributed by atoms with van der Waals surface area (Å²) in [7, 11) is 0. The third kappa shape index (κ3) is 3.75. The van der Waals surface area contributed by atoms with E-state index in [1.54, 1.807) is 24.3 Å². The van der Waals surface area contributed by atoms with Crippen molar-refractivity contribution < 1.29 is 23.0 Å². The second-order valence-electron chi connectivity index (χ2n) is 6.73. The molecule has 0 saturated carbocycles. The number of hydrogen-bond donors (Lipinski definition) is 1. The molecule has 3 aromatic rings. The van der Waals surface area contributed by atoms with Gasteiger partial charge < -0.3 is 19.4 Å². The Morgan fingerprint density at radius 1 is 1.21 bits per heavy atom. The van der Waals surface area contributed by atoms with Gasteiger partial charge in [-0.2, -0.15) is 0 Å². The molecule has 1 aliphatic heterocycles. The zero-order chi connectivity index (χ0) is 20.8. The number of nitrogens with one attached hydrogen (secondary N) is 1. The summed E-state index contributed by atoms with van der Waals surface area (Å²) in [6, 6.07) is 9.58. The van der Waals surface area contributed by atoms with Crippen LogP contribution in [-0.4, -0.2) is 21.8 Å². The van der Waals surface area contributed by atoms with E-state index in [9.17, 15) is 13.6 Å². The Bertz CT molecular complexity index is 1080. The maximum Gasteiger partial charge on any atom is 0.586 e. The summed E-state index contributed by atoms with van der Waals surface area (Å²) < 4.78 is 37.2. The predicted molar refractivity (Wildman–Crippen MR) is 104 cm³/mol. The standard InChI is InChI=1S/C20H16ClF2N3O3/c1-11(2)26-7-3-4-15(26)19(27)25-18-6-5-12(10-24-18)13-8-16-17(9-14(13)21)29-20(22,23)28-16/h3-11H,1-2H3,(H,24,25,27). The molecule has 2 aromatic heterocycles. The van der Waals surface area contributed by atoms with Crippen molar-refractivity contribution in [1.29, 1.82) is 0 Å². The number of anilines is 1. The van der Waals surface area contributed by atoms with E-state index in [4.69, 9.17) is 11.6 Å². The van der Waals surface area contributed by atoms with Crippen LogP contribution in [0.4, 0.5) is 14.6 Å². The zero-order valence-electron chi connectivity index (χ0n) is 15.4. The van der Waals surface area contributed by atoms with Gasteiger partial charge >= 0.3 is 6.29 Å². The molecule has 4 rings (SSSR count). The normalized spacial score (nSPS) is 14.3. The number of fused-ring (bicyclic) bond motifs is 1. The Balaban J connectivity index is 1.55.